The summed E-state index contributed by atoms with van der Waals surface area (Å²) in [5.74, 6) is -1.25. The second-order valence-electron chi connectivity index (χ2n) is 7.65. The summed E-state index contributed by atoms with van der Waals surface area (Å²) in [4.78, 5) is 20.6. The lowest BCUT2D eigenvalue weighted by Gasteiger charge is -2.16. The van der Waals surface area contributed by atoms with Gasteiger partial charge < -0.3 is 9.84 Å². The molecule has 184 valence electrons. The summed E-state index contributed by atoms with van der Waals surface area (Å²) in [5, 5.41) is 10.8. The van der Waals surface area contributed by atoms with Gasteiger partial charge in [-0.05, 0) is 44.1 Å². The maximum absolute atomic E-state index is 11.0. The van der Waals surface area contributed by atoms with Gasteiger partial charge in [-0.25, -0.2) is 9.59 Å². The fraction of sp³-hybridized carbons (Fsp3) is 0.200. The van der Waals surface area contributed by atoms with Gasteiger partial charge in [0, 0.05) is 17.6 Å². The lowest BCUT2D eigenvalue weighted by Crippen LogP contribution is -2.12. The van der Waals surface area contributed by atoms with Crippen LogP contribution in [0.25, 0.3) is 0 Å². The molecule has 0 aliphatic heterocycles. The van der Waals surface area contributed by atoms with Gasteiger partial charge in [-0.2, -0.15) is 0 Å². The predicted molar refractivity (Wildman–Crippen MR) is 148 cm³/mol. The maximum Gasteiger partial charge on any atom is 0.333 e. The summed E-state index contributed by atoms with van der Waals surface area (Å²) >= 11 is 0. The minimum Gasteiger partial charge on any atom is -0.478 e. The fourth-order valence-electron chi connectivity index (χ4n) is 2.76. The number of ether oxygens (including phenoxy) is 1. The number of aliphatic carboxylic acids is 1. The van der Waals surface area contributed by atoms with Crippen LogP contribution in [0.4, 0.5) is 0 Å². The molecule has 0 fully saturated rings. The molecule has 0 heterocycles. The smallest absolute Gasteiger partial charge is 0.333 e. The molecule has 1 N–H and O–H groups in total. The molecule has 0 saturated heterocycles. The molecule has 3 rings (SSSR count). The van der Waals surface area contributed by atoms with E-state index in [0.717, 1.165) is 6.42 Å². The average molecular weight is 491 g/mol. The Labute approximate surface area is 210 Å². The molecular weight excluding hydrogens is 455 g/mol. The van der Waals surface area contributed by atoms with Crippen LogP contribution < -0.4 is 10.6 Å². The van der Waals surface area contributed by atoms with Gasteiger partial charge in [0.05, 0.1) is 6.61 Å². The molecule has 5 heteroatoms. The van der Waals surface area contributed by atoms with E-state index in [1.54, 1.807) is 6.92 Å². The lowest BCUT2D eigenvalue weighted by atomic mass is 10.2. The zero-order chi connectivity index (χ0) is 26.1. The summed E-state index contributed by atoms with van der Waals surface area (Å²) in [6.07, 6.45) is 1.96. The van der Waals surface area contributed by atoms with Gasteiger partial charge in [0.15, 0.2) is 0 Å². The van der Waals surface area contributed by atoms with Crippen molar-refractivity contribution < 1.29 is 19.4 Å². The molecule has 0 bridgehead atoms. The van der Waals surface area contributed by atoms with Crippen molar-refractivity contribution in [3.05, 3.63) is 121 Å². The third-order valence-corrected chi connectivity index (χ3v) is 7.11. The van der Waals surface area contributed by atoms with Crippen LogP contribution in [0.2, 0.25) is 0 Å². The number of carboxylic acids is 1. The largest absolute Gasteiger partial charge is 0.478 e. The number of carboxylic acid groups (broad SMARTS) is 1. The molecule has 35 heavy (non-hydrogen) atoms. The number of carbonyl (C=O) groups excluding carboxylic acids is 1. The van der Waals surface area contributed by atoms with Crippen LogP contribution in [-0.2, 0) is 20.7 Å². The fourth-order valence-corrected chi connectivity index (χ4v) is 4.85. The number of hydrogen-bond donors (Lipinski definition) is 1. The van der Waals surface area contributed by atoms with Crippen molar-refractivity contribution in [2.75, 3.05) is 12.8 Å². The quantitative estimate of drug-likeness (QED) is 0.234. The number of benzene rings is 3. The van der Waals surface area contributed by atoms with E-state index in [2.05, 4.69) is 80.7 Å². The highest BCUT2D eigenvalue weighted by molar-refractivity contribution is 7.72. The SMILES string of the molecule is C=C(C)C(=O)O.C=C(C)C(=O)OCCc1ccccc1.CCP(c1ccccc1)c1ccccc1. The second-order valence-corrected chi connectivity index (χ2v) is 10.2. The number of carbonyl (C=O) groups is 2. The van der Waals surface area contributed by atoms with Gasteiger partial charge in [-0.1, -0.05) is 111 Å². The first-order valence-corrected chi connectivity index (χ1v) is 12.9. The number of esters is 1. The van der Waals surface area contributed by atoms with Crippen LogP contribution in [-0.4, -0.2) is 29.8 Å². The highest BCUT2D eigenvalue weighted by Crippen LogP contribution is 2.32. The molecule has 3 aromatic carbocycles. The van der Waals surface area contributed by atoms with E-state index in [9.17, 15) is 9.59 Å². The van der Waals surface area contributed by atoms with E-state index in [1.807, 2.05) is 30.3 Å². The third kappa shape index (κ3) is 12.5. The summed E-state index contributed by atoms with van der Waals surface area (Å²) in [6, 6.07) is 31.5. The van der Waals surface area contributed by atoms with Crippen molar-refractivity contribution in [3.63, 3.8) is 0 Å². The van der Waals surface area contributed by atoms with Crippen LogP contribution >= 0.6 is 7.92 Å². The molecule has 3 aromatic rings. The van der Waals surface area contributed by atoms with E-state index in [0.29, 0.717) is 12.2 Å². The highest BCUT2D eigenvalue weighted by Gasteiger charge is 2.09. The van der Waals surface area contributed by atoms with E-state index in [1.165, 1.54) is 29.3 Å². The first-order chi connectivity index (χ1) is 16.8. The predicted octanol–water partition coefficient (Wildman–Crippen LogP) is 6.13. The van der Waals surface area contributed by atoms with Crippen LogP contribution in [0, 0.1) is 0 Å². The van der Waals surface area contributed by atoms with Gasteiger partial charge in [-0.3, -0.25) is 0 Å². The van der Waals surface area contributed by atoms with Crippen LogP contribution in [0.3, 0.4) is 0 Å². The van der Waals surface area contributed by atoms with Crippen molar-refractivity contribution >= 4 is 30.5 Å². The summed E-state index contributed by atoms with van der Waals surface area (Å²) in [5.41, 5.74) is 1.79. The van der Waals surface area contributed by atoms with E-state index >= 15 is 0 Å². The van der Waals surface area contributed by atoms with Gasteiger partial charge in [-0.15, -0.1) is 0 Å². The van der Waals surface area contributed by atoms with Crippen molar-refractivity contribution in [3.8, 4) is 0 Å². The average Bonchev–Trinajstić information content (AvgIpc) is 2.87. The molecule has 0 unspecified atom stereocenters. The van der Waals surface area contributed by atoms with Crippen molar-refractivity contribution in [1.29, 1.82) is 0 Å². The van der Waals surface area contributed by atoms with E-state index in [-0.39, 0.29) is 19.5 Å². The van der Waals surface area contributed by atoms with E-state index < -0.39 is 5.97 Å². The van der Waals surface area contributed by atoms with Crippen molar-refractivity contribution in [2.45, 2.75) is 27.2 Å². The molecule has 0 spiro atoms. The minimum atomic E-state index is -0.935. The molecule has 0 radical (unpaired) electrons. The Hall–Kier alpha value is -3.49. The second kappa shape index (κ2) is 17.0. The molecule has 0 aliphatic rings. The Kier molecular flexibility index (Phi) is 14.4. The minimum absolute atomic E-state index is 0.149. The van der Waals surface area contributed by atoms with Gasteiger partial charge in [0.25, 0.3) is 0 Å². The Balaban J connectivity index is 0.000000287. The Morgan fingerprint density at radius 2 is 1.17 bits per heavy atom. The molecule has 0 amide bonds. The zero-order valence-electron chi connectivity index (χ0n) is 20.8. The molecule has 0 aliphatic carbocycles. The third-order valence-electron chi connectivity index (χ3n) is 4.63. The molecule has 4 nitrogen and oxygen atoms in total. The summed E-state index contributed by atoms with van der Waals surface area (Å²) in [6.45, 7) is 12.4. The summed E-state index contributed by atoms with van der Waals surface area (Å²) < 4.78 is 4.97. The highest BCUT2D eigenvalue weighted by atomic mass is 31.1. The van der Waals surface area contributed by atoms with Crippen molar-refractivity contribution in [1.82, 2.24) is 0 Å². The zero-order valence-corrected chi connectivity index (χ0v) is 21.7. The number of rotatable bonds is 8. The van der Waals surface area contributed by atoms with Gasteiger partial charge in [0.1, 0.15) is 0 Å². The van der Waals surface area contributed by atoms with Crippen LogP contribution in [0.5, 0.6) is 0 Å². The van der Waals surface area contributed by atoms with Crippen LogP contribution in [0.1, 0.15) is 26.3 Å². The Bertz CT molecular complexity index is 996. The normalized spacial score (nSPS) is 9.60. The van der Waals surface area contributed by atoms with Crippen LogP contribution in [0.15, 0.2) is 115 Å². The number of hydrogen-bond acceptors (Lipinski definition) is 3. The summed E-state index contributed by atoms with van der Waals surface area (Å²) in [7, 11) is -0.149. The van der Waals surface area contributed by atoms with E-state index in [4.69, 9.17) is 9.84 Å². The maximum atomic E-state index is 11.0. The molecule has 0 aromatic heterocycles. The van der Waals surface area contributed by atoms with Crippen molar-refractivity contribution in [2.24, 2.45) is 0 Å². The monoisotopic (exact) mass is 490 g/mol. The lowest BCUT2D eigenvalue weighted by molar-refractivity contribution is -0.138. The standard InChI is InChI=1S/C14H15P.C12H14O2.C4H6O2/c1-2-15(13-9-5-3-6-10-13)14-11-7-4-8-12-14;1-10(2)12(13)14-9-8-11-6-4-3-5-7-11;1-3(2)4(5)6/h3-12H,2H2,1H3;3-7H,1,8-9H2,2H3;1H2,2H3,(H,5,6). The molecule has 0 saturated carbocycles. The Morgan fingerprint density at radius 3 is 1.51 bits per heavy atom. The Morgan fingerprint density at radius 1 is 0.771 bits per heavy atom. The molecule has 0 atom stereocenters. The van der Waals surface area contributed by atoms with Gasteiger partial charge in [0.2, 0.25) is 0 Å². The first kappa shape index (κ1) is 29.5. The molecular formula is C30H35O4P. The first-order valence-electron chi connectivity index (χ1n) is 11.4. The topological polar surface area (TPSA) is 63.6 Å². The van der Waals surface area contributed by atoms with Gasteiger partial charge >= 0.3 is 11.9 Å².